The lowest BCUT2D eigenvalue weighted by atomic mass is 9.93. The second-order valence-electron chi connectivity index (χ2n) is 10.6. The third-order valence-corrected chi connectivity index (χ3v) is 9.47. The predicted molar refractivity (Wildman–Crippen MR) is 161 cm³/mol. The van der Waals surface area contributed by atoms with E-state index >= 15 is 0 Å². The summed E-state index contributed by atoms with van der Waals surface area (Å²) in [4.78, 5) is 28.5. The van der Waals surface area contributed by atoms with Crippen molar-refractivity contribution in [1.29, 1.82) is 0 Å². The van der Waals surface area contributed by atoms with Gasteiger partial charge in [-0.25, -0.2) is 0 Å². The molecule has 0 radical (unpaired) electrons. The Labute approximate surface area is 246 Å². The number of ketones is 1. The van der Waals surface area contributed by atoms with Gasteiger partial charge < -0.3 is 9.84 Å². The minimum Gasteiger partial charge on any atom is -0.507 e. The first-order valence-electron chi connectivity index (χ1n) is 13.5. The number of aliphatic hydroxyl groups excluding tert-OH is 1. The zero-order valence-corrected chi connectivity index (χ0v) is 24.5. The maximum atomic E-state index is 13.6. The van der Waals surface area contributed by atoms with Crippen LogP contribution in [0.1, 0.15) is 60.5 Å². The van der Waals surface area contributed by atoms with E-state index in [-0.39, 0.29) is 17.4 Å². The number of amides is 1. The van der Waals surface area contributed by atoms with Crippen LogP contribution in [-0.2, 0) is 21.8 Å². The first kappa shape index (κ1) is 27.2. The highest BCUT2D eigenvalue weighted by molar-refractivity contribution is 8.00. The summed E-state index contributed by atoms with van der Waals surface area (Å²) in [6.07, 6.45) is 0.748. The van der Waals surface area contributed by atoms with Crippen molar-refractivity contribution in [3.63, 3.8) is 0 Å². The number of thioether (sulfide) groups is 1. The highest BCUT2D eigenvalue weighted by Crippen LogP contribution is 2.44. The minimum absolute atomic E-state index is 0.0351. The lowest BCUT2D eigenvalue weighted by molar-refractivity contribution is -0.132. The summed E-state index contributed by atoms with van der Waals surface area (Å²) in [7, 11) is 0. The number of aliphatic hydroxyl groups is 1. The number of ether oxygens (including phenoxy) is 1. The Hall–Kier alpha value is -3.95. The van der Waals surface area contributed by atoms with Gasteiger partial charge in [0.25, 0.3) is 5.78 Å². The second kappa shape index (κ2) is 11.1. The number of aromatic nitrogens is 2. The molecule has 4 aromatic rings. The largest absolute Gasteiger partial charge is 0.507 e. The summed E-state index contributed by atoms with van der Waals surface area (Å²) in [5, 5.41) is 20.5. The van der Waals surface area contributed by atoms with E-state index in [4.69, 9.17) is 4.74 Å². The lowest BCUT2D eigenvalue weighted by Crippen LogP contribution is -2.29. The predicted octanol–water partition coefficient (Wildman–Crippen LogP) is 6.90. The van der Waals surface area contributed by atoms with Crippen molar-refractivity contribution >= 4 is 45.7 Å². The van der Waals surface area contributed by atoms with Gasteiger partial charge in [0, 0.05) is 17.7 Å². The van der Waals surface area contributed by atoms with Gasteiger partial charge in [-0.15, -0.1) is 10.2 Å². The van der Waals surface area contributed by atoms with E-state index in [1.165, 1.54) is 28.0 Å². The van der Waals surface area contributed by atoms with Crippen molar-refractivity contribution in [2.75, 3.05) is 4.90 Å². The molecule has 7 nitrogen and oxygen atoms in total. The number of fused-ring (bicyclic) bond motifs is 1. The number of hydrogen-bond donors (Lipinski definition) is 1. The van der Waals surface area contributed by atoms with Crippen LogP contribution in [0.3, 0.4) is 0 Å². The van der Waals surface area contributed by atoms with Gasteiger partial charge in [0.2, 0.25) is 5.13 Å². The second-order valence-corrected chi connectivity index (χ2v) is 12.7. The van der Waals surface area contributed by atoms with Crippen LogP contribution in [0.25, 0.3) is 5.76 Å². The van der Waals surface area contributed by atoms with Gasteiger partial charge in [-0.3, -0.25) is 14.5 Å². The molecule has 2 aliphatic rings. The van der Waals surface area contributed by atoms with Crippen LogP contribution in [0.2, 0.25) is 0 Å². The molecule has 208 valence electrons. The van der Waals surface area contributed by atoms with Crippen molar-refractivity contribution < 1.29 is 19.4 Å². The van der Waals surface area contributed by atoms with Crippen LogP contribution in [0.15, 0.2) is 82.7 Å². The van der Waals surface area contributed by atoms with E-state index < -0.39 is 17.7 Å². The maximum absolute atomic E-state index is 13.6. The van der Waals surface area contributed by atoms with Crippen LogP contribution in [0.4, 0.5) is 5.13 Å². The van der Waals surface area contributed by atoms with Gasteiger partial charge in [0.15, 0.2) is 4.34 Å². The molecule has 9 heteroatoms. The Morgan fingerprint density at radius 2 is 1.83 bits per heavy atom. The van der Waals surface area contributed by atoms with Gasteiger partial charge in [-0.05, 0) is 53.3 Å². The van der Waals surface area contributed by atoms with Crippen molar-refractivity contribution in [1.82, 2.24) is 10.2 Å². The molecule has 1 N–H and O–H groups in total. The van der Waals surface area contributed by atoms with Crippen LogP contribution in [-0.4, -0.2) is 33.1 Å². The van der Waals surface area contributed by atoms with E-state index in [9.17, 15) is 14.7 Å². The monoisotopic (exact) mass is 583 g/mol. The molecule has 1 saturated heterocycles. The van der Waals surface area contributed by atoms with Crippen molar-refractivity contribution in [3.8, 4) is 5.75 Å². The maximum Gasteiger partial charge on any atom is 0.301 e. The molecule has 2 aliphatic heterocycles. The van der Waals surface area contributed by atoms with E-state index in [1.54, 1.807) is 12.1 Å². The Morgan fingerprint density at radius 1 is 1.07 bits per heavy atom. The average Bonchev–Trinajstić information content (AvgIpc) is 3.67. The highest BCUT2D eigenvalue weighted by Gasteiger charge is 2.48. The molecule has 3 aromatic carbocycles. The lowest BCUT2D eigenvalue weighted by Gasteiger charge is -2.23. The van der Waals surface area contributed by atoms with Crippen molar-refractivity contribution in [3.05, 3.63) is 106 Å². The Bertz CT molecular complexity index is 1650. The Kier molecular flexibility index (Phi) is 7.40. The van der Waals surface area contributed by atoms with Gasteiger partial charge in [-0.2, -0.15) is 0 Å². The van der Waals surface area contributed by atoms with Gasteiger partial charge in [-0.1, -0.05) is 91.5 Å². The van der Waals surface area contributed by atoms with Gasteiger partial charge >= 0.3 is 5.91 Å². The molecular weight excluding hydrogens is 555 g/mol. The van der Waals surface area contributed by atoms with Crippen molar-refractivity contribution in [2.45, 2.75) is 55.3 Å². The van der Waals surface area contributed by atoms with E-state index in [0.717, 1.165) is 22.4 Å². The average molecular weight is 584 g/mol. The van der Waals surface area contributed by atoms with Crippen LogP contribution >= 0.6 is 23.1 Å². The molecule has 1 aromatic heterocycles. The Balaban J connectivity index is 1.40. The van der Waals surface area contributed by atoms with E-state index in [2.05, 4.69) is 24.0 Å². The summed E-state index contributed by atoms with van der Waals surface area (Å²) >= 11 is 2.78. The summed E-state index contributed by atoms with van der Waals surface area (Å²) in [5.41, 5.74) is 4.45. The normalized spacial score (nSPS) is 19.6. The summed E-state index contributed by atoms with van der Waals surface area (Å²) in [6.45, 7) is 6.20. The molecule has 41 heavy (non-hydrogen) atoms. The number of rotatable bonds is 7. The third-order valence-electron chi connectivity index (χ3n) is 7.34. The molecule has 0 unspecified atom stereocenters. The summed E-state index contributed by atoms with van der Waals surface area (Å²) in [6, 6.07) is 22.4. The number of nitrogens with zero attached hydrogens (tertiary/aromatic N) is 3. The van der Waals surface area contributed by atoms with Gasteiger partial charge in [0.1, 0.15) is 17.6 Å². The molecule has 6 rings (SSSR count). The van der Waals surface area contributed by atoms with Gasteiger partial charge in [0.05, 0.1) is 11.6 Å². The zero-order valence-electron chi connectivity index (χ0n) is 22.9. The molecule has 1 amide bonds. The van der Waals surface area contributed by atoms with E-state index in [1.807, 2.05) is 67.6 Å². The minimum atomic E-state index is -0.848. The molecule has 1 fully saturated rings. The topological polar surface area (TPSA) is 92.6 Å². The van der Waals surface area contributed by atoms with Crippen LogP contribution in [0, 0.1) is 0 Å². The molecule has 0 bridgehead atoms. The summed E-state index contributed by atoms with van der Waals surface area (Å²) in [5.74, 6) is 0.0881. The van der Waals surface area contributed by atoms with E-state index in [0.29, 0.717) is 38.7 Å². The number of benzene rings is 3. The van der Waals surface area contributed by atoms with Crippen LogP contribution < -0.4 is 9.64 Å². The number of anilines is 1. The summed E-state index contributed by atoms with van der Waals surface area (Å²) < 4.78 is 6.50. The highest BCUT2D eigenvalue weighted by atomic mass is 32.2. The molecule has 0 saturated carbocycles. The SMILES string of the molecule is CC(C)c1ccc([C@@H]2C(=C(O)c3ccc4c(c3)C[C@@H](C)O4)C(=O)C(=O)N2c2nnc(SCc3ccccc3)s2)cc1. The Morgan fingerprint density at radius 3 is 2.56 bits per heavy atom. The first-order valence-corrected chi connectivity index (χ1v) is 15.3. The zero-order chi connectivity index (χ0) is 28.7. The smallest absolute Gasteiger partial charge is 0.301 e. The number of hydrogen-bond acceptors (Lipinski definition) is 8. The fourth-order valence-electron chi connectivity index (χ4n) is 5.21. The molecule has 0 spiro atoms. The molecule has 0 aliphatic carbocycles. The molecule has 2 atom stereocenters. The van der Waals surface area contributed by atoms with Crippen LogP contribution in [0.5, 0.6) is 5.75 Å². The standard InChI is InChI=1S/C32H29N3O4S2/c1-18(2)21-9-11-22(12-10-21)27-26(28(36)23-13-14-25-24(16-23)15-19(3)39-25)29(37)30(38)35(27)31-33-34-32(41-31)40-17-20-7-5-4-6-8-20/h4-14,16,18-19,27,36H,15,17H2,1-3H3/t19-,27-/m1/s1. The quantitative estimate of drug-likeness (QED) is 0.0831. The number of carbonyl (C=O) groups is 2. The third kappa shape index (κ3) is 5.27. The van der Waals surface area contributed by atoms with Crippen molar-refractivity contribution in [2.24, 2.45) is 0 Å². The first-order chi connectivity index (χ1) is 19.8. The number of carbonyl (C=O) groups excluding carboxylic acids is 2. The molecule has 3 heterocycles. The molecular formula is C32H29N3O4S2. The number of Topliss-reactive ketones (excluding diaryl/α,β-unsaturated/α-hetero) is 1. The fourth-order valence-corrected chi connectivity index (χ4v) is 7.03. The fraction of sp³-hybridized carbons (Fsp3) is 0.250.